The molecule has 1 aromatic rings. The molecule has 21 heavy (non-hydrogen) atoms. The number of hydrogen-bond donors (Lipinski definition) is 3. The largest absolute Gasteiger partial charge is 0.324 e. The zero-order valence-electron chi connectivity index (χ0n) is 13.1. The Morgan fingerprint density at radius 3 is 2.38 bits per heavy atom. The highest BCUT2D eigenvalue weighted by Crippen LogP contribution is 2.21. The second kappa shape index (κ2) is 6.44. The molecule has 0 atom stereocenters. The van der Waals surface area contributed by atoms with Crippen LogP contribution in [-0.4, -0.2) is 32.7 Å². The van der Waals surface area contributed by atoms with Crippen molar-refractivity contribution in [1.82, 2.24) is 5.32 Å². The fourth-order valence-electron chi connectivity index (χ4n) is 1.87. The Kier molecular flexibility index (Phi) is 5.36. The summed E-state index contributed by atoms with van der Waals surface area (Å²) in [5.74, 6) is -0.146. The van der Waals surface area contributed by atoms with Gasteiger partial charge in [0.1, 0.15) is 0 Å². The Morgan fingerprint density at radius 1 is 1.29 bits per heavy atom. The molecule has 3 N–H and O–H groups in total. The second-order valence-corrected chi connectivity index (χ2v) is 7.26. The molecule has 0 saturated carbocycles. The summed E-state index contributed by atoms with van der Waals surface area (Å²) in [4.78, 5) is 12.2. The zero-order chi connectivity index (χ0) is 16.3. The number of sulfonamides is 1. The molecule has 118 valence electrons. The highest BCUT2D eigenvalue weighted by molar-refractivity contribution is 7.92. The van der Waals surface area contributed by atoms with Crippen LogP contribution in [0.1, 0.15) is 26.3 Å². The molecule has 0 aliphatic heterocycles. The lowest BCUT2D eigenvalue weighted by atomic mass is 10.0. The summed E-state index contributed by atoms with van der Waals surface area (Å²) in [6.07, 6.45) is 1.10. The molecule has 0 heterocycles. The minimum absolute atomic E-state index is 0.146. The van der Waals surface area contributed by atoms with Crippen molar-refractivity contribution in [2.75, 3.05) is 22.8 Å². The third kappa shape index (κ3) is 5.35. The van der Waals surface area contributed by atoms with Crippen molar-refractivity contribution in [3.63, 3.8) is 0 Å². The van der Waals surface area contributed by atoms with E-state index < -0.39 is 15.6 Å². The molecule has 0 saturated heterocycles. The van der Waals surface area contributed by atoms with E-state index in [1.165, 1.54) is 0 Å². The molecular weight excluding hydrogens is 290 g/mol. The first-order valence-corrected chi connectivity index (χ1v) is 8.59. The van der Waals surface area contributed by atoms with E-state index in [0.29, 0.717) is 17.9 Å². The topological polar surface area (TPSA) is 87.3 Å². The van der Waals surface area contributed by atoms with Crippen LogP contribution in [0.3, 0.4) is 0 Å². The average Bonchev–Trinajstić information content (AvgIpc) is 2.31. The number of carbonyl (C=O) groups is 1. The average molecular weight is 313 g/mol. The summed E-state index contributed by atoms with van der Waals surface area (Å²) in [5, 5.41) is 5.91. The summed E-state index contributed by atoms with van der Waals surface area (Å²) in [5.41, 5.74) is 1.19. The lowest BCUT2D eigenvalue weighted by Gasteiger charge is -2.24. The van der Waals surface area contributed by atoms with Crippen LogP contribution in [0.5, 0.6) is 0 Å². The molecule has 0 aliphatic carbocycles. The number of amides is 1. The van der Waals surface area contributed by atoms with Crippen molar-refractivity contribution >= 4 is 27.3 Å². The van der Waals surface area contributed by atoms with E-state index >= 15 is 0 Å². The summed E-state index contributed by atoms with van der Waals surface area (Å²) in [6, 6.07) is 5.03. The molecule has 0 spiro atoms. The van der Waals surface area contributed by atoms with Crippen molar-refractivity contribution < 1.29 is 13.2 Å². The van der Waals surface area contributed by atoms with Gasteiger partial charge in [-0.2, -0.15) is 0 Å². The highest BCUT2D eigenvalue weighted by Gasteiger charge is 2.26. The number of benzene rings is 1. The Hall–Kier alpha value is -1.60. The zero-order valence-corrected chi connectivity index (χ0v) is 13.9. The van der Waals surface area contributed by atoms with E-state index in [1.54, 1.807) is 39.0 Å². The smallest absolute Gasteiger partial charge is 0.244 e. The molecule has 0 radical (unpaired) electrons. The van der Waals surface area contributed by atoms with Crippen LogP contribution < -0.4 is 15.4 Å². The molecule has 6 nitrogen and oxygen atoms in total. The Balaban J connectivity index is 2.88. The number of carbonyl (C=O) groups excluding carboxylic acids is 1. The van der Waals surface area contributed by atoms with Gasteiger partial charge in [0.05, 0.1) is 17.5 Å². The molecule has 0 aliphatic rings. The van der Waals surface area contributed by atoms with E-state index in [1.807, 2.05) is 6.92 Å². The van der Waals surface area contributed by atoms with Gasteiger partial charge in [0.2, 0.25) is 15.9 Å². The molecule has 0 unspecified atom stereocenters. The van der Waals surface area contributed by atoms with Gasteiger partial charge in [0.25, 0.3) is 0 Å². The van der Waals surface area contributed by atoms with Gasteiger partial charge in [-0.25, -0.2) is 8.42 Å². The molecular formula is C14H23N3O3S. The minimum atomic E-state index is -3.31. The number of hydrogen-bond acceptors (Lipinski definition) is 4. The highest BCUT2D eigenvalue weighted by atomic mass is 32.2. The van der Waals surface area contributed by atoms with Crippen molar-refractivity contribution in [3.8, 4) is 0 Å². The van der Waals surface area contributed by atoms with Gasteiger partial charge in [0.15, 0.2) is 0 Å². The number of aryl methyl sites for hydroxylation is 1. The third-order valence-electron chi connectivity index (χ3n) is 2.97. The van der Waals surface area contributed by atoms with Gasteiger partial charge < -0.3 is 10.6 Å². The van der Waals surface area contributed by atoms with E-state index in [-0.39, 0.29) is 5.91 Å². The summed E-state index contributed by atoms with van der Waals surface area (Å²) < 4.78 is 24.9. The van der Waals surface area contributed by atoms with Crippen molar-refractivity contribution in [2.45, 2.75) is 33.2 Å². The van der Waals surface area contributed by atoms with E-state index in [0.717, 1.165) is 11.8 Å². The van der Waals surface area contributed by atoms with Gasteiger partial charge >= 0.3 is 0 Å². The summed E-state index contributed by atoms with van der Waals surface area (Å²) in [7, 11) is -3.31. The molecule has 0 bridgehead atoms. The second-order valence-electron chi connectivity index (χ2n) is 5.51. The number of anilines is 2. The van der Waals surface area contributed by atoms with Crippen molar-refractivity contribution in [2.24, 2.45) is 0 Å². The molecule has 1 amide bonds. The van der Waals surface area contributed by atoms with Crippen LogP contribution >= 0.6 is 0 Å². The Morgan fingerprint density at radius 2 is 1.90 bits per heavy atom. The van der Waals surface area contributed by atoms with Crippen molar-refractivity contribution in [3.05, 3.63) is 23.8 Å². The molecule has 7 heteroatoms. The summed E-state index contributed by atoms with van der Waals surface area (Å²) in [6.45, 7) is 8.01. The Labute approximate surface area is 126 Å². The quantitative estimate of drug-likeness (QED) is 0.746. The SMILES string of the molecule is CCNC(C)(C)C(=O)Nc1ccc(NS(C)(=O)=O)c(C)c1. The van der Waals surface area contributed by atoms with Gasteiger partial charge in [-0.3, -0.25) is 9.52 Å². The first-order valence-electron chi connectivity index (χ1n) is 6.70. The van der Waals surface area contributed by atoms with Crippen LogP contribution in [0.15, 0.2) is 18.2 Å². The van der Waals surface area contributed by atoms with Crippen LogP contribution in [-0.2, 0) is 14.8 Å². The molecule has 0 fully saturated rings. The fraction of sp³-hybridized carbons (Fsp3) is 0.500. The maximum absolute atomic E-state index is 12.2. The van der Waals surface area contributed by atoms with Crippen LogP contribution in [0.4, 0.5) is 11.4 Å². The van der Waals surface area contributed by atoms with Crippen molar-refractivity contribution in [1.29, 1.82) is 0 Å². The Bertz CT molecular complexity index is 624. The van der Waals surface area contributed by atoms with E-state index in [9.17, 15) is 13.2 Å². The van der Waals surface area contributed by atoms with Crippen LogP contribution in [0, 0.1) is 6.92 Å². The van der Waals surface area contributed by atoms with Gasteiger partial charge in [-0.05, 0) is 51.1 Å². The normalized spacial score (nSPS) is 12.0. The maximum Gasteiger partial charge on any atom is 0.244 e. The third-order valence-corrected chi connectivity index (χ3v) is 3.56. The monoisotopic (exact) mass is 313 g/mol. The molecule has 1 aromatic carbocycles. The van der Waals surface area contributed by atoms with Gasteiger partial charge in [-0.15, -0.1) is 0 Å². The summed E-state index contributed by atoms with van der Waals surface area (Å²) >= 11 is 0. The minimum Gasteiger partial charge on any atom is -0.324 e. The molecule has 1 rings (SSSR count). The predicted molar refractivity (Wildman–Crippen MR) is 86.0 cm³/mol. The predicted octanol–water partition coefficient (Wildman–Crippen LogP) is 1.69. The van der Waals surface area contributed by atoms with Gasteiger partial charge in [-0.1, -0.05) is 6.92 Å². The lowest BCUT2D eigenvalue weighted by Crippen LogP contribution is -2.49. The first kappa shape index (κ1) is 17.5. The molecule has 0 aromatic heterocycles. The van der Waals surface area contributed by atoms with E-state index in [2.05, 4.69) is 15.4 Å². The standard InChI is InChI=1S/C14H23N3O3S/c1-6-15-14(3,4)13(18)16-11-7-8-12(10(2)9-11)17-21(5,19)20/h7-9,15,17H,6H2,1-5H3,(H,16,18). The number of likely N-dealkylation sites (N-methyl/N-ethyl adjacent to an activating group) is 1. The lowest BCUT2D eigenvalue weighted by molar-refractivity contribution is -0.121. The first-order chi connectivity index (χ1) is 9.55. The maximum atomic E-state index is 12.2. The fourth-order valence-corrected chi connectivity index (χ4v) is 2.49. The number of rotatable bonds is 6. The van der Waals surface area contributed by atoms with Gasteiger partial charge in [0, 0.05) is 5.69 Å². The van der Waals surface area contributed by atoms with Crippen LogP contribution in [0.25, 0.3) is 0 Å². The number of nitrogens with one attached hydrogen (secondary N) is 3. The van der Waals surface area contributed by atoms with Crippen LogP contribution in [0.2, 0.25) is 0 Å². The van der Waals surface area contributed by atoms with E-state index in [4.69, 9.17) is 0 Å².